The molecule has 1 unspecified atom stereocenters. The van der Waals surface area contributed by atoms with Gasteiger partial charge < -0.3 is 10.4 Å². The Morgan fingerprint density at radius 1 is 1.52 bits per heavy atom. The van der Waals surface area contributed by atoms with E-state index < -0.39 is 12.0 Å². The molecule has 0 bridgehead atoms. The maximum Gasteiger partial charge on any atom is 0.271 e. The Bertz CT molecular complexity index is 705. The van der Waals surface area contributed by atoms with Crippen LogP contribution in [0.3, 0.4) is 0 Å². The second-order valence-electron chi connectivity index (χ2n) is 5.46. The van der Waals surface area contributed by atoms with Crippen LogP contribution in [0.25, 0.3) is 4.96 Å². The zero-order valence-corrected chi connectivity index (χ0v) is 13.1. The summed E-state index contributed by atoms with van der Waals surface area (Å²) >= 11 is 1.39. The van der Waals surface area contributed by atoms with Gasteiger partial charge in [0.1, 0.15) is 5.56 Å². The first-order valence-corrected chi connectivity index (χ1v) is 7.64. The summed E-state index contributed by atoms with van der Waals surface area (Å²) in [6.45, 7) is 5.99. The van der Waals surface area contributed by atoms with Gasteiger partial charge in [0.25, 0.3) is 11.5 Å². The molecule has 2 aromatic heterocycles. The van der Waals surface area contributed by atoms with Crippen LogP contribution in [-0.2, 0) is 0 Å². The number of thiazole rings is 1. The molecule has 2 N–H and O–H groups in total. The topological polar surface area (TPSA) is 83.7 Å². The third kappa shape index (κ3) is 3.68. The van der Waals surface area contributed by atoms with Crippen molar-refractivity contribution >= 4 is 22.2 Å². The Labute approximate surface area is 126 Å². The number of aliphatic hydroxyl groups is 1. The second kappa shape index (κ2) is 6.36. The third-order valence-electron chi connectivity index (χ3n) is 3.01. The van der Waals surface area contributed by atoms with Crippen LogP contribution in [0, 0.1) is 12.8 Å². The average Bonchev–Trinajstić information content (AvgIpc) is 2.77. The molecule has 2 heterocycles. The Kier molecular flexibility index (Phi) is 4.74. The lowest BCUT2D eigenvalue weighted by atomic mass is 10.1. The van der Waals surface area contributed by atoms with Crippen molar-refractivity contribution in [3.8, 4) is 0 Å². The zero-order valence-electron chi connectivity index (χ0n) is 12.3. The molecule has 0 saturated carbocycles. The second-order valence-corrected chi connectivity index (χ2v) is 6.68. The van der Waals surface area contributed by atoms with Gasteiger partial charge in [0.15, 0.2) is 4.96 Å². The molecule has 21 heavy (non-hydrogen) atoms. The van der Waals surface area contributed by atoms with E-state index in [0.29, 0.717) is 17.3 Å². The number of hydrogen-bond donors (Lipinski definition) is 2. The Morgan fingerprint density at radius 3 is 2.90 bits per heavy atom. The molecule has 6 nitrogen and oxygen atoms in total. The van der Waals surface area contributed by atoms with E-state index in [0.717, 1.165) is 4.88 Å². The highest BCUT2D eigenvalue weighted by atomic mass is 32.1. The SMILES string of the molecule is Cc1cn2c(=O)c(C(=O)NCC(O)CC(C)C)cnc2s1. The maximum absolute atomic E-state index is 12.2. The van der Waals surface area contributed by atoms with Crippen molar-refractivity contribution in [2.24, 2.45) is 5.92 Å². The molecule has 0 aliphatic carbocycles. The number of fused-ring (bicyclic) bond motifs is 1. The van der Waals surface area contributed by atoms with E-state index in [1.54, 1.807) is 6.20 Å². The first-order chi connectivity index (χ1) is 9.88. The number of aryl methyl sites for hydroxylation is 1. The molecule has 0 aliphatic heterocycles. The lowest BCUT2D eigenvalue weighted by molar-refractivity contribution is 0.0898. The van der Waals surface area contributed by atoms with Crippen LogP contribution in [0.1, 0.15) is 35.5 Å². The monoisotopic (exact) mass is 309 g/mol. The van der Waals surface area contributed by atoms with Crippen molar-refractivity contribution in [3.63, 3.8) is 0 Å². The Morgan fingerprint density at radius 2 is 2.24 bits per heavy atom. The molecule has 114 valence electrons. The van der Waals surface area contributed by atoms with E-state index in [1.165, 1.54) is 21.9 Å². The lowest BCUT2D eigenvalue weighted by Gasteiger charge is -2.13. The van der Waals surface area contributed by atoms with Crippen molar-refractivity contribution in [1.82, 2.24) is 14.7 Å². The van der Waals surface area contributed by atoms with Gasteiger partial charge in [-0.15, -0.1) is 11.3 Å². The van der Waals surface area contributed by atoms with Crippen molar-refractivity contribution in [2.75, 3.05) is 6.54 Å². The molecule has 0 aliphatic rings. The first-order valence-electron chi connectivity index (χ1n) is 6.82. The molecular weight excluding hydrogens is 290 g/mol. The van der Waals surface area contributed by atoms with Crippen molar-refractivity contribution in [1.29, 1.82) is 0 Å². The van der Waals surface area contributed by atoms with Crippen LogP contribution in [0.5, 0.6) is 0 Å². The lowest BCUT2D eigenvalue weighted by Crippen LogP contribution is -2.36. The van der Waals surface area contributed by atoms with Gasteiger partial charge >= 0.3 is 0 Å². The van der Waals surface area contributed by atoms with Gasteiger partial charge in [-0.2, -0.15) is 0 Å². The molecule has 0 radical (unpaired) electrons. The predicted octanol–water partition coefficient (Wildman–Crippen LogP) is 1.20. The number of carbonyl (C=O) groups excluding carboxylic acids is 1. The van der Waals surface area contributed by atoms with E-state index in [4.69, 9.17) is 0 Å². The summed E-state index contributed by atoms with van der Waals surface area (Å²) in [5.41, 5.74) is -0.401. The van der Waals surface area contributed by atoms with E-state index >= 15 is 0 Å². The number of hydrogen-bond acceptors (Lipinski definition) is 5. The molecule has 0 aromatic carbocycles. The highest BCUT2D eigenvalue weighted by Gasteiger charge is 2.16. The van der Waals surface area contributed by atoms with Crippen LogP contribution in [-0.4, -0.2) is 33.0 Å². The van der Waals surface area contributed by atoms with Gasteiger partial charge in [0.05, 0.1) is 6.10 Å². The van der Waals surface area contributed by atoms with Gasteiger partial charge in [-0.05, 0) is 19.3 Å². The predicted molar refractivity (Wildman–Crippen MR) is 81.9 cm³/mol. The number of nitrogens with one attached hydrogen (secondary N) is 1. The standard InChI is InChI=1S/C14H19N3O3S/c1-8(2)4-10(18)5-15-12(19)11-6-16-14-17(13(11)20)7-9(3)21-14/h6-8,10,18H,4-5H2,1-3H3,(H,15,19). The van der Waals surface area contributed by atoms with E-state index in [2.05, 4.69) is 10.3 Å². The number of aliphatic hydroxyl groups excluding tert-OH is 1. The van der Waals surface area contributed by atoms with Gasteiger partial charge in [0, 0.05) is 23.8 Å². The molecule has 2 rings (SSSR count). The number of rotatable bonds is 5. The largest absolute Gasteiger partial charge is 0.391 e. The molecule has 0 spiro atoms. The van der Waals surface area contributed by atoms with E-state index in [1.807, 2.05) is 20.8 Å². The summed E-state index contributed by atoms with van der Waals surface area (Å²) in [4.78, 5) is 29.9. The van der Waals surface area contributed by atoms with Crippen LogP contribution in [0.4, 0.5) is 0 Å². The summed E-state index contributed by atoms with van der Waals surface area (Å²) in [7, 11) is 0. The number of nitrogens with zero attached hydrogens (tertiary/aromatic N) is 2. The minimum absolute atomic E-state index is 0.0120. The van der Waals surface area contributed by atoms with Crippen LogP contribution >= 0.6 is 11.3 Å². The summed E-state index contributed by atoms with van der Waals surface area (Å²) in [5.74, 6) is -0.164. The molecule has 1 amide bonds. The number of carbonyl (C=O) groups is 1. The molecule has 0 saturated heterocycles. The summed E-state index contributed by atoms with van der Waals surface area (Å²) < 4.78 is 1.37. The number of amides is 1. The van der Waals surface area contributed by atoms with E-state index in [-0.39, 0.29) is 17.7 Å². The fraction of sp³-hybridized carbons (Fsp3) is 0.500. The first kappa shape index (κ1) is 15.7. The fourth-order valence-corrected chi connectivity index (χ4v) is 2.87. The van der Waals surface area contributed by atoms with Gasteiger partial charge in [-0.1, -0.05) is 13.8 Å². The normalized spacial score (nSPS) is 12.8. The minimum Gasteiger partial charge on any atom is -0.391 e. The molecular formula is C14H19N3O3S. The zero-order chi connectivity index (χ0) is 15.6. The van der Waals surface area contributed by atoms with E-state index in [9.17, 15) is 14.7 Å². The molecule has 2 aromatic rings. The minimum atomic E-state index is -0.614. The Hall–Kier alpha value is -1.73. The van der Waals surface area contributed by atoms with Crippen LogP contribution < -0.4 is 10.9 Å². The average molecular weight is 309 g/mol. The highest BCUT2D eigenvalue weighted by molar-refractivity contribution is 7.16. The summed E-state index contributed by atoms with van der Waals surface area (Å²) in [5, 5.41) is 12.3. The molecule has 0 fully saturated rings. The van der Waals surface area contributed by atoms with Crippen molar-refractivity contribution in [2.45, 2.75) is 33.3 Å². The van der Waals surface area contributed by atoms with Crippen LogP contribution in [0.15, 0.2) is 17.2 Å². The third-order valence-corrected chi connectivity index (χ3v) is 3.92. The quantitative estimate of drug-likeness (QED) is 0.869. The fourth-order valence-electron chi connectivity index (χ4n) is 2.08. The maximum atomic E-state index is 12.2. The van der Waals surface area contributed by atoms with Crippen LogP contribution in [0.2, 0.25) is 0 Å². The summed E-state index contributed by atoms with van der Waals surface area (Å²) in [6, 6.07) is 0. The van der Waals surface area contributed by atoms with Crippen molar-refractivity contribution < 1.29 is 9.90 Å². The highest BCUT2D eigenvalue weighted by Crippen LogP contribution is 2.12. The van der Waals surface area contributed by atoms with Gasteiger partial charge in [-0.25, -0.2) is 4.98 Å². The van der Waals surface area contributed by atoms with Gasteiger partial charge in [-0.3, -0.25) is 14.0 Å². The Balaban J connectivity index is 2.13. The molecule has 7 heteroatoms. The molecule has 1 atom stereocenters. The smallest absolute Gasteiger partial charge is 0.271 e. The van der Waals surface area contributed by atoms with Crippen molar-refractivity contribution in [3.05, 3.63) is 33.2 Å². The van der Waals surface area contributed by atoms with Gasteiger partial charge in [0.2, 0.25) is 0 Å². The summed E-state index contributed by atoms with van der Waals surface area (Å²) in [6.07, 6.45) is 2.94. The number of aromatic nitrogens is 2.